The molecule has 3 atom stereocenters. The van der Waals surface area contributed by atoms with Gasteiger partial charge in [0.1, 0.15) is 0 Å². The summed E-state index contributed by atoms with van der Waals surface area (Å²) < 4.78 is 39.9. The predicted molar refractivity (Wildman–Crippen MR) is 129 cm³/mol. The zero-order valence-corrected chi connectivity index (χ0v) is 22.2. The molecule has 1 aromatic carbocycles. The van der Waals surface area contributed by atoms with Crippen LogP contribution in [0, 0.1) is 5.41 Å². The van der Waals surface area contributed by atoms with E-state index in [1.165, 1.54) is 7.11 Å². The van der Waals surface area contributed by atoms with Crippen LogP contribution in [0.25, 0.3) is 0 Å². The Morgan fingerprint density at radius 3 is 2.38 bits per heavy atom. The molecule has 0 N–H and O–H groups in total. The molecule has 0 unspecified atom stereocenters. The predicted octanol–water partition coefficient (Wildman–Crippen LogP) is 5.25. The molecule has 1 heterocycles. The summed E-state index contributed by atoms with van der Waals surface area (Å²) in [5.41, 5.74) is -0.644. The lowest BCUT2D eigenvalue weighted by molar-refractivity contribution is -0.0451. The van der Waals surface area contributed by atoms with Crippen LogP contribution in [0.15, 0.2) is 35.2 Å². The number of amides is 1. The normalized spacial score (nSPS) is 27.4. The smallest absolute Gasteiger partial charge is 0.409 e. The molecule has 1 saturated heterocycles. The Morgan fingerprint density at radius 1 is 1.12 bits per heavy atom. The van der Waals surface area contributed by atoms with Crippen LogP contribution in [0.5, 0.6) is 0 Å². The van der Waals surface area contributed by atoms with Crippen molar-refractivity contribution in [1.29, 1.82) is 0 Å². The summed E-state index contributed by atoms with van der Waals surface area (Å²) in [4.78, 5) is 14.5. The molecule has 32 heavy (non-hydrogen) atoms. The number of hydrogen-bond acceptors (Lipinski definition) is 5. The first-order chi connectivity index (χ1) is 14.8. The molecular weight excluding hydrogens is 442 g/mol. The van der Waals surface area contributed by atoms with Crippen molar-refractivity contribution in [2.45, 2.75) is 87.3 Å². The molecule has 1 spiro atoms. The molecule has 180 valence electrons. The molecule has 1 aromatic rings. The van der Waals surface area contributed by atoms with Crippen LogP contribution in [0.3, 0.4) is 0 Å². The third-order valence-electron chi connectivity index (χ3n) is 7.89. The number of methoxy groups -OCH3 is 1. The molecule has 1 amide bonds. The number of ether oxygens (including phenoxy) is 1. The lowest BCUT2D eigenvalue weighted by atomic mass is 9.67. The maximum atomic E-state index is 13.9. The van der Waals surface area contributed by atoms with Gasteiger partial charge in [-0.1, -0.05) is 39.0 Å². The van der Waals surface area contributed by atoms with Crippen molar-refractivity contribution >= 4 is 24.2 Å². The Morgan fingerprint density at radius 2 is 1.78 bits per heavy atom. The summed E-state index contributed by atoms with van der Waals surface area (Å²) in [7, 11) is -4.37. The average Bonchev–Trinajstić information content (AvgIpc) is 2.74. The van der Waals surface area contributed by atoms with E-state index < -0.39 is 34.9 Å². The van der Waals surface area contributed by atoms with E-state index in [1.54, 1.807) is 29.2 Å². The van der Waals surface area contributed by atoms with Crippen LogP contribution < -0.4 is 0 Å². The molecule has 6 nitrogen and oxygen atoms in total. The molecule has 1 aliphatic carbocycles. The molecular formula is C24H39NO5SSi. The van der Waals surface area contributed by atoms with Crippen LogP contribution in [0.4, 0.5) is 4.79 Å². The van der Waals surface area contributed by atoms with Gasteiger partial charge in [-0.25, -0.2) is 13.2 Å². The van der Waals surface area contributed by atoms with Crippen molar-refractivity contribution in [1.82, 2.24) is 4.90 Å². The van der Waals surface area contributed by atoms with Crippen molar-refractivity contribution in [2.75, 3.05) is 20.2 Å². The third kappa shape index (κ3) is 4.64. The van der Waals surface area contributed by atoms with Gasteiger partial charge in [0.05, 0.1) is 23.4 Å². The van der Waals surface area contributed by atoms with Gasteiger partial charge in [-0.05, 0) is 62.4 Å². The molecule has 2 fully saturated rings. The standard InChI is InChI=1S/C24H39NO5SSi/c1-23(2,3)32(5,6)30-20-14-10-15-21(31(27,28)19-12-8-7-9-13-19)24(20)16-11-17-25(18-24)22(26)29-4/h7-9,12-13,20-21H,10-11,14-18H2,1-6H3/t20-,21-,24+/m0/s1. The van der Waals surface area contributed by atoms with Crippen LogP contribution >= 0.6 is 0 Å². The van der Waals surface area contributed by atoms with Crippen LogP contribution in [-0.2, 0) is 19.0 Å². The Hall–Kier alpha value is -1.38. The van der Waals surface area contributed by atoms with Crippen LogP contribution in [0.2, 0.25) is 18.1 Å². The van der Waals surface area contributed by atoms with Crippen LogP contribution in [0.1, 0.15) is 52.9 Å². The minimum atomic E-state index is -3.59. The first kappa shape index (κ1) is 25.2. The van der Waals surface area contributed by atoms with E-state index in [9.17, 15) is 13.2 Å². The van der Waals surface area contributed by atoms with Gasteiger partial charge in [0.25, 0.3) is 0 Å². The summed E-state index contributed by atoms with van der Waals surface area (Å²) in [5, 5.41) is -0.579. The fourth-order valence-corrected chi connectivity index (χ4v) is 8.86. The molecule has 3 rings (SSSR count). The fraction of sp³-hybridized carbons (Fsp3) is 0.708. The number of sulfone groups is 1. The molecule has 8 heteroatoms. The van der Waals surface area contributed by atoms with Crippen molar-refractivity contribution in [3.63, 3.8) is 0 Å². The number of carbonyl (C=O) groups is 1. The average molecular weight is 482 g/mol. The second-order valence-corrected chi connectivity index (χ2v) is 17.8. The van der Waals surface area contributed by atoms with E-state index in [0.717, 1.165) is 25.7 Å². The lowest BCUT2D eigenvalue weighted by Gasteiger charge is -2.55. The molecule has 0 aromatic heterocycles. The third-order valence-corrected chi connectivity index (χ3v) is 14.8. The number of rotatable bonds is 4. The van der Waals surface area contributed by atoms with Gasteiger partial charge in [-0.15, -0.1) is 0 Å². The minimum Gasteiger partial charge on any atom is -0.453 e. The topological polar surface area (TPSA) is 72.9 Å². The highest BCUT2D eigenvalue weighted by Gasteiger charge is 2.57. The summed E-state index contributed by atoms with van der Waals surface area (Å²) in [5.74, 6) is 0. The van der Waals surface area contributed by atoms with E-state index >= 15 is 0 Å². The first-order valence-electron chi connectivity index (χ1n) is 11.6. The number of hydrogen-bond donors (Lipinski definition) is 0. The number of likely N-dealkylation sites (tertiary alicyclic amines) is 1. The van der Waals surface area contributed by atoms with Gasteiger partial charge >= 0.3 is 6.09 Å². The fourth-order valence-electron chi connectivity index (χ4n) is 5.14. The summed E-state index contributed by atoms with van der Waals surface area (Å²) >= 11 is 0. The van der Waals surface area contributed by atoms with Gasteiger partial charge < -0.3 is 14.1 Å². The zero-order chi connectivity index (χ0) is 23.8. The maximum absolute atomic E-state index is 13.9. The van der Waals surface area contributed by atoms with Gasteiger partial charge in [0, 0.05) is 18.5 Å². The molecule has 0 bridgehead atoms. The Kier molecular flexibility index (Phi) is 7.18. The lowest BCUT2D eigenvalue weighted by Crippen LogP contribution is -2.63. The van der Waals surface area contributed by atoms with Crippen molar-refractivity contribution in [3.8, 4) is 0 Å². The Labute approximate surface area is 194 Å². The zero-order valence-electron chi connectivity index (χ0n) is 20.4. The highest BCUT2D eigenvalue weighted by atomic mass is 32.2. The SMILES string of the molecule is COC(=O)N1CCC[C@@]2(C1)[C@@H](O[Si](C)(C)C(C)(C)C)CCC[C@@H]2S(=O)(=O)c1ccccc1. The van der Waals surface area contributed by atoms with Crippen LogP contribution in [-0.4, -0.2) is 59.3 Å². The van der Waals surface area contributed by atoms with Gasteiger partial charge in [0.15, 0.2) is 18.2 Å². The number of piperidine rings is 1. The van der Waals surface area contributed by atoms with Crippen molar-refractivity contribution < 1.29 is 22.4 Å². The second kappa shape index (κ2) is 9.10. The Balaban J connectivity index is 2.09. The van der Waals surface area contributed by atoms with E-state index in [0.29, 0.717) is 24.4 Å². The molecule has 0 radical (unpaired) electrons. The van der Waals surface area contributed by atoms with Gasteiger partial charge in [0.2, 0.25) is 0 Å². The minimum absolute atomic E-state index is 0.0101. The first-order valence-corrected chi connectivity index (χ1v) is 16.1. The van der Waals surface area contributed by atoms with Gasteiger partial charge in [-0.2, -0.15) is 0 Å². The summed E-state index contributed by atoms with van der Waals surface area (Å²) in [6.45, 7) is 12.0. The second-order valence-electron chi connectivity index (χ2n) is 10.9. The monoisotopic (exact) mass is 481 g/mol. The summed E-state index contributed by atoms with van der Waals surface area (Å²) in [6.07, 6.45) is 3.09. The quantitative estimate of drug-likeness (QED) is 0.549. The Bertz CT molecular complexity index is 912. The van der Waals surface area contributed by atoms with Crippen molar-refractivity contribution in [2.24, 2.45) is 5.41 Å². The number of carbonyl (C=O) groups excluding carboxylic acids is 1. The van der Waals surface area contributed by atoms with E-state index in [1.807, 2.05) is 6.07 Å². The van der Waals surface area contributed by atoms with E-state index in [-0.39, 0.29) is 11.1 Å². The highest BCUT2D eigenvalue weighted by molar-refractivity contribution is 7.92. The molecule has 2 aliphatic rings. The van der Waals surface area contributed by atoms with Crippen molar-refractivity contribution in [3.05, 3.63) is 30.3 Å². The molecule has 1 saturated carbocycles. The maximum Gasteiger partial charge on any atom is 0.409 e. The number of benzene rings is 1. The highest BCUT2D eigenvalue weighted by Crippen LogP contribution is 2.51. The summed E-state index contributed by atoms with van der Waals surface area (Å²) in [6, 6.07) is 8.74. The largest absolute Gasteiger partial charge is 0.453 e. The van der Waals surface area contributed by atoms with E-state index in [2.05, 4.69) is 33.9 Å². The van der Waals surface area contributed by atoms with E-state index in [4.69, 9.17) is 9.16 Å². The number of nitrogens with zero attached hydrogens (tertiary/aromatic N) is 1. The molecule has 1 aliphatic heterocycles. The van der Waals surface area contributed by atoms with Gasteiger partial charge in [-0.3, -0.25) is 0 Å².